The normalized spacial score (nSPS) is 14.8. The van der Waals surface area contributed by atoms with E-state index in [2.05, 4.69) is 15.6 Å². The SMILES string of the molecule is Cc1c(F)cccc1-n1cc(CNCC2CC2)nn1. The fourth-order valence-corrected chi connectivity index (χ4v) is 2.07. The van der Waals surface area contributed by atoms with Gasteiger partial charge in [-0.25, -0.2) is 9.07 Å². The summed E-state index contributed by atoms with van der Waals surface area (Å²) in [7, 11) is 0. The minimum atomic E-state index is -0.221. The molecule has 4 nitrogen and oxygen atoms in total. The molecule has 0 spiro atoms. The first-order valence-corrected chi connectivity index (χ1v) is 6.61. The third-order valence-electron chi connectivity index (χ3n) is 3.46. The van der Waals surface area contributed by atoms with Crippen LogP contribution >= 0.6 is 0 Å². The molecule has 2 aromatic rings. The lowest BCUT2D eigenvalue weighted by Crippen LogP contribution is -2.16. The lowest BCUT2D eigenvalue weighted by Gasteiger charge is -2.04. The Balaban J connectivity index is 1.70. The molecule has 0 unspecified atom stereocenters. The Morgan fingerprint density at radius 2 is 2.26 bits per heavy atom. The number of hydrogen-bond acceptors (Lipinski definition) is 3. The molecule has 1 saturated carbocycles. The van der Waals surface area contributed by atoms with E-state index in [0.29, 0.717) is 12.1 Å². The molecule has 1 aliphatic rings. The average Bonchev–Trinajstić information content (AvgIpc) is 3.10. The molecule has 0 aliphatic heterocycles. The predicted molar refractivity (Wildman–Crippen MR) is 70.5 cm³/mol. The standard InChI is InChI=1S/C14H17FN4/c1-10-13(15)3-2-4-14(10)19-9-12(17-18-19)8-16-7-11-5-6-11/h2-4,9,11,16H,5-8H2,1H3. The minimum absolute atomic E-state index is 0.221. The average molecular weight is 260 g/mol. The first kappa shape index (κ1) is 12.3. The Labute approximate surface area is 111 Å². The van der Waals surface area contributed by atoms with Crippen LogP contribution in [-0.4, -0.2) is 21.5 Å². The highest BCUT2D eigenvalue weighted by atomic mass is 19.1. The number of nitrogens with one attached hydrogen (secondary N) is 1. The van der Waals surface area contributed by atoms with Crippen LogP contribution in [0, 0.1) is 18.7 Å². The van der Waals surface area contributed by atoms with Crippen molar-refractivity contribution in [2.24, 2.45) is 5.92 Å². The molecule has 1 heterocycles. The monoisotopic (exact) mass is 260 g/mol. The molecule has 1 N–H and O–H groups in total. The summed E-state index contributed by atoms with van der Waals surface area (Å²) in [6.07, 6.45) is 4.52. The third-order valence-corrected chi connectivity index (χ3v) is 3.46. The molecule has 1 aromatic carbocycles. The van der Waals surface area contributed by atoms with Gasteiger partial charge in [0.1, 0.15) is 5.82 Å². The van der Waals surface area contributed by atoms with Crippen molar-refractivity contribution in [3.63, 3.8) is 0 Å². The van der Waals surface area contributed by atoms with Gasteiger partial charge in [-0.05, 0) is 44.4 Å². The van der Waals surface area contributed by atoms with E-state index < -0.39 is 0 Å². The first-order chi connectivity index (χ1) is 9.24. The van der Waals surface area contributed by atoms with Gasteiger partial charge in [-0.1, -0.05) is 11.3 Å². The van der Waals surface area contributed by atoms with Crippen LogP contribution in [0.25, 0.3) is 5.69 Å². The molecule has 1 aliphatic carbocycles. The molecular weight excluding hydrogens is 243 g/mol. The Kier molecular flexibility index (Phi) is 3.29. The van der Waals surface area contributed by atoms with Gasteiger partial charge in [0.15, 0.2) is 0 Å². The van der Waals surface area contributed by atoms with Gasteiger partial charge in [0, 0.05) is 12.1 Å². The van der Waals surface area contributed by atoms with E-state index in [4.69, 9.17) is 0 Å². The molecule has 0 radical (unpaired) electrons. The largest absolute Gasteiger partial charge is 0.311 e. The fourth-order valence-electron chi connectivity index (χ4n) is 2.07. The molecule has 0 bridgehead atoms. The molecule has 0 atom stereocenters. The van der Waals surface area contributed by atoms with Crippen molar-refractivity contribution in [3.05, 3.63) is 41.5 Å². The van der Waals surface area contributed by atoms with Crippen molar-refractivity contribution in [3.8, 4) is 5.69 Å². The Morgan fingerprint density at radius 1 is 1.42 bits per heavy atom. The number of halogens is 1. The van der Waals surface area contributed by atoms with Crippen LogP contribution in [0.4, 0.5) is 4.39 Å². The lowest BCUT2D eigenvalue weighted by atomic mass is 10.2. The van der Waals surface area contributed by atoms with Crippen LogP contribution in [0.2, 0.25) is 0 Å². The zero-order valence-corrected chi connectivity index (χ0v) is 10.9. The van der Waals surface area contributed by atoms with Crippen molar-refractivity contribution in [2.45, 2.75) is 26.3 Å². The summed E-state index contributed by atoms with van der Waals surface area (Å²) in [5.41, 5.74) is 2.20. The maximum Gasteiger partial charge on any atom is 0.128 e. The molecule has 100 valence electrons. The van der Waals surface area contributed by atoms with E-state index in [0.717, 1.165) is 23.8 Å². The number of nitrogens with zero attached hydrogens (tertiary/aromatic N) is 3. The van der Waals surface area contributed by atoms with Crippen molar-refractivity contribution in [1.29, 1.82) is 0 Å². The second kappa shape index (κ2) is 5.09. The molecule has 1 fully saturated rings. The molecule has 0 saturated heterocycles. The maximum atomic E-state index is 13.5. The highest BCUT2D eigenvalue weighted by Crippen LogP contribution is 2.27. The topological polar surface area (TPSA) is 42.7 Å². The van der Waals surface area contributed by atoms with Crippen LogP contribution in [0.3, 0.4) is 0 Å². The summed E-state index contributed by atoms with van der Waals surface area (Å²) < 4.78 is 15.1. The first-order valence-electron chi connectivity index (χ1n) is 6.61. The summed E-state index contributed by atoms with van der Waals surface area (Å²) in [6, 6.07) is 4.98. The Morgan fingerprint density at radius 3 is 3.05 bits per heavy atom. The van der Waals surface area contributed by atoms with E-state index in [1.165, 1.54) is 18.9 Å². The lowest BCUT2D eigenvalue weighted by molar-refractivity contribution is 0.614. The van der Waals surface area contributed by atoms with Crippen LogP contribution in [0.1, 0.15) is 24.1 Å². The fraction of sp³-hybridized carbons (Fsp3) is 0.429. The van der Waals surface area contributed by atoms with Gasteiger partial charge in [0.2, 0.25) is 0 Å². The molecule has 0 amide bonds. The van der Waals surface area contributed by atoms with E-state index >= 15 is 0 Å². The summed E-state index contributed by atoms with van der Waals surface area (Å²) in [6.45, 7) is 3.51. The van der Waals surface area contributed by atoms with Crippen molar-refractivity contribution >= 4 is 0 Å². The highest BCUT2D eigenvalue weighted by Gasteiger charge is 2.20. The second-order valence-corrected chi connectivity index (χ2v) is 5.11. The van der Waals surface area contributed by atoms with Crippen LogP contribution < -0.4 is 5.32 Å². The number of rotatable bonds is 5. The van der Waals surface area contributed by atoms with Crippen molar-refractivity contribution in [1.82, 2.24) is 20.3 Å². The van der Waals surface area contributed by atoms with Gasteiger partial charge >= 0.3 is 0 Å². The van der Waals surface area contributed by atoms with Gasteiger partial charge < -0.3 is 5.32 Å². The van der Waals surface area contributed by atoms with Gasteiger partial charge in [-0.3, -0.25) is 0 Å². The Bertz CT molecular complexity index is 575. The van der Waals surface area contributed by atoms with Gasteiger partial charge in [0.25, 0.3) is 0 Å². The van der Waals surface area contributed by atoms with Gasteiger partial charge in [-0.15, -0.1) is 5.10 Å². The van der Waals surface area contributed by atoms with Crippen LogP contribution in [0.5, 0.6) is 0 Å². The Hall–Kier alpha value is -1.75. The number of aromatic nitrogens is 3. The number of benzene rings is 1. The van der Waals surface area contributed by atoms with E-state index in [-0.39, 0.29) is 5.82 Å². The van der Waals surface area contributed by atoms with Gasteiger partial charge in [-0.2, -0.15) is 0 Å². The van der Waals surface area contributed by atoms with E-state index in [1.807, 2.05) is 12.3 Å². The summed E-state index contributed by atoms with van der Waals surface area (Å²) in [4.78, 5) is 0. The van der Waals surface area contributed by atoms with Gasteiger partial charge in [0.05, 0.1) is 17.6 Å². The zero-order chi connectivity index (χ0) is 13.2. The maximum absolute atomic E-state index is 13.5. The summed E-state index contributed by atoms with van der Waals surface area (Å²) in [5, 5.41) is 11.5. The van der Waals surface area contributed by atoms with Crippen LogP contribution in [0.15, 0.2) is 24.4 Å². The second-order valence-electron chi connectivity index (χ2n) is 5.11. The molecule has 1 aromatic heterocycles. The molecule has 19 heavy (non-hydrogen) atoms. The quantitative estimate of drug-likeness (QED) is 0.896. The van der Waals surface area contributed by atoms with E-state index in [9.17, 15) is 4.39 Å². The van der Waals surface area contributed by atoms with E-state index in [1.54, 1.807) is 17.7 Å². The zero-order valence-electron chi connectivity index (χ0n) is 10.9. The third kappa shape index (κ3) is 2.81. The molecular formula is C14H17FN4. The summed E-state index contributed by atoms with van der Waals surface area (Å²) >= 11 is 0. The van der Waals surface area contributed by atoms with Crippen molar-refractivity contribution in [2.75, 3.05) is 6.54 Å². The minimum Gasteiger partial charge on any atom is -0.311 e. The number of hydrogen-bond donors (Lipinski definition) is 1. The molecule has 3 rings (SSSR count). The highest BCUT2D eigenvalue weighted by molar-refractivity contribution is 5.40. The molecule has 5 heteroatoms. The van der Waals surface area contributed by atoms with Crippen LogP contribution in [-0.2, 0) is 6.54 Å². The predicted octanol–water partition coefficient (Wildman–Crippen LogP) is 2.21. The summed E-state index contributed by atoms with van der Waals surface area (Å²) in [5.74, 6) is 0.627. The van der Waals surface area contributed by atoms with Crippen molar-refractivity contribution < 1.29 is 4.39 Å². The smallest absolute Gasteiger partial charge is 0.128 e.